The molecule has 58 valence electrons. The Morgan fingerprint density at radius 2 is 2.00 bits per heavy atom. The summed E-state index contributed by atoms with van der Waals surface area (Å²) in [6.45, 7) is 3.73. The van der Waals surface area contributed by atoms with Crippen molar-refractivity contribution in [2.75, 3.05) is 7.11 Å². The summed E-state index contributed by atoms with van der Waals surface area (Å²) in [6.07, 6.45) is 0. The van der Waals surface area contributed by atoms with E-state index in [0.717, 1.165) is 5.75 Å². The number of hydrogen-bond acceptors (Lipinski definition) is 1. The van der Waals surface area contributed by atoms with E-state index in [1.807, 2.05) is 16.3 Å². The number of ether oxygens (including phenoxy) is 1. The van der Waals surface area contributed by atoms with E-state index in [0.29, 0.717) is 0 Å². The zero-order valence-electron chi connectivity index (χ0n) is 6.41. The van der Waals surface area contributed by atoms with Crippen molar-refractivity contribution in [3.05, 3.63) is 35.0 Å². The van der Waals surface area contributed by atoms with Gasteiger partial charge in [0.2, 0.25) is 0 Å². The third-order valence-electron chi connectivity index (χ3n) is 1.28. The SMILES string of the molecule is C=C[Te]c1ccc(OC)cc1. The van der Waals surface area contributed by atoms with E-state index in [9.17, 15) is 0 Å². The maximum atomic E-state index is 5.04. The van der Waals surface area contributed by atoms with Crippen molar-refractivity contribution in [3.63, 3.8) is 0 Å². The fraction of sp³-hybridized carbons (Fsp3) is 0.111. The Morgan fingerprint density at radius 3 is 2.45 bits per heavy atom. The zero-order chi connectivity index (χ0) is 8.10. The van der Waals surface area contributed by atoms with Crippen molar-refractivity contribution in [1.29, 1.82) is 0 Å². The molecule has 0 saturated carbocycles. The van der Waals surface area contributed by atoms with Crippen LogP contribution < -0.4 is 8.35 Å². The normalized spacial score (nSPS) is 9.18. The van der Waals surface area contributed by atoms with Crippen molar-refractivity contribution < 1.29 is 4.74 Å². The summed E-state index contributed by atoms with van der Waals surface area (Å²) in [5.41, 5.74) is 0. The Labute approximate surface area is 77.2 Å². The molecule has 0 aliphatic carbocycles. The van der Waals surface area contributed by atoms with E-state index in [-0.39, 0.29) is 20.9 Å². The Morgan fingerprint density at radius 1 is 1.36 bits per heavy atom. The summed E-state index contributed by atoms with van der Waals surface area (Å²) < 4.78 is 8.45. The number of hydrogen-bond donors (Lipinski definition) is 0. The first kappa shape index (κ1) is 8.64. The number of methoxy groups -OCH3 is 1. The van der Waals surface area contributed by atoms with Gasteiger partial charge in [-0.25, -0.2) is 0 Å². The molecule has 0 saturated heterocycles. The van der Waals surface area contributed by atoms with Crippen molar-refractivity contribution in [2.45, 2.75) is 0 Å². The van der Waals surface area contributed by atoms with Crippen LogP contribution in [0.2, 0.25) is 0 Å². The van der Waals surface area contributed by atoms with Gasteiger partial charge >= 0.3 is 77.1 Å². The molecule has 0 aliphatic heterocycles. The molecular formula is C9H10OTe. The summed E-state index contributed by atoms with van der Waals surface area (Å²) >= 11 is -0.144. The summed E-state index contributed by atoms with van der Waals surface area (Å²) in [4.78, 5) is 0. The fourth-order valence-corrected chi connectivity index (χ4v) is 2.14. The third kappa shape index (κ3) is 2.57. The second-order valence-corrected chi connectivity index (χ2v) is 4.93. The molecule has 0 fully saturated rings. The average molecular weight is 262 g/mol. The molecule has 0 aromatic heterocycles. The number of benzene rings is 1. The second kappa shape index (κ2) is 4.43. The molecule has 1 aromatic rings. The van der Waals surface area contributed by atoms with Crippen LogP contribution in [0.5, 0.6) is 5.75 Å². The molecule has 0 spiro atoms. The van der Waals surface area contributed by atoms with Crippen molar-refractivity contribution >= 4 is 24.5 Å². The minimum absolute atomic E-state index is 0.144. The Hall–Kier alpha value is -0.450. The van der Waals surface area contributed by atoms with E-state index >= 15 is 0 Å². The predicted molar refractivity (Wildman–Crippen MR) is 48.6 cm³/mol. The predicted octanol–water partition coefficient (Wildman–Crippen LogP) is 1.17. The summed E-state index contributed by atoms with van der Waals surface area (Å²) in [6, 6.07) is 8.18. The van der Waals surface area contributed by atoms with E-state index in [1.165, 1.54) is 3.61 Å². The molecule has 1 aromatic carbocycles. The van der Waals surface area contributed by atoms with E-state index < -0.39 is 0 Å². The number of rotatable bonds is 3. The van der Waals surface area contributed by atoms with Crippen LogP contribution >= 0.6 is 0 Å². The second-order valence-electron chi connectivity index (χ2n) is 1.96. The Balaban J connectivity index is 2.74. The van der Waals surface area contributed by atoms with Gasteiger partial charge in [0.1, 0.15) is 0 Å². The fourth-order valence-electron chi connectivity index (χ4n) is 0.751. The van der Waals surface area contributed by atoms with Gasteiger partial charge in [0.05, 0.1) is 0 Å². The van der Waals surface area contributed by atoms with Crippen molar-refractivity contribution in [2.24, 2.45) is 0 Å². The van der Waals surface area contributed by atoms with Crippen LogP contribution in [-0.4, -0.2) is 28.0 Å². The molecule has 1 rings (SSSR count). The molecule has 0 N–H and O–H groups in total. The van der Waals surface area contributed by atoms with E-state index in [1.54, 1.807) is 7.11 Å². The molecule has 0 aliphatic rings. The third-order valence-corrected chi connectivity index (χ3v) is 3.31. The van der Waals surface area contributed by atoms with Gasteiger partial charge in [-0.15, -0.1) is 0 Å². The zero-order valence-corrected chi connectivity index (χ0v) is 8.74. The van der Waals surface area contributed by atoms with Crippen LogP contribution in [-0.2, 0) is 0 Å². The standard InChI is InChI=1S/C9H10OTe/c1-3-11-9-6-4-8(10-2)5-7-9/h3-7H,1H2,2H3. The summed E-state index contributed by atoms with van der Waals surface area (Å²) in [5.74, 6) is 0.922. The van der Waals surface area contributed by atoms with Gasteiger partial charge in [-0.2, -0.15) is 0 Å². The van der Waals surface area contributed by atoms with Crippen molar-refractivity contribution in [1.82, 2.24) is 0 Å². The van der Waals surface area contributed by atoms with Gasteiger partial charge in [-0.05, 0) is 0 Å². The van der Waals surface area contributed by atoms with Gasteiger partial charge in [0.25, 0.3) is 0 Å². The monoisotopic (exact) mass is 264 g/mol. The Kier molecular flexibility index (Phi) is 3.48. The molecule has 0 heterocycles. The molecular weight excluding hydrogens is 252 g/mol. The maximum absolute atomic E-state index is 5.04. The van der Waals surface area contributed by atoms with Gasteiger partial charge in [0.15, 0.2) is 0 Å². The van der Waals surface area contributed by atoms with Crippen LogP contribution in [0, 0.1) is 0 Å². The van der Waals surface area contributed by atoms with Crippen LogP contribution in [0.1, 0.15) is 0 Å². The molecule has 0 bridgehead atoms. The van der Waals surface area contributed by atoms with Gasteiger partial charge in [-0.1, -0.05) is 0 Å². The first-order valence-corrected chi connectivity index (χ1v) is 5.79. The minimum atomic E-state index is -0.144. The van der Waals surface area contributed by atoms with E-state index in [2.05, 4.69) is 18.7 Å². The van der Waals surface area contributed by atoms with Gasteiger partial charge < -0.3 is 0 Å². The molecule has 0 amide bonds. The van der Waals surface area contributed by atoms with E-state index in [4.69, 9.17) is 4.74 Å². The quantitative estimate of drug-likeness (QED) is 0.743. The van der Waals surface area contributed by atoms with Gasteiger partial charge in [-0.3, -0.25) is 0 Å². The molecule has 0 atom stereocenters. The van der Waals surface area contributed by atoms with Crippen LogP contribution in [0.3, 0.4) is 0 Å². The molecule has 11 heavy (non-hydrogen) atoms. The topological polar surface area (TPSA) is 9.23 Å². The Bertz CT molecular complexity index is 228. The van der Waals surface area contributed by atoms with Gasteiger partial charge in [0, 0.05) is 0 Å². The molecule has 0 unspecified atom stereocenters. The first-order chi connectivity index (χ1) is 5.36. The molecule has 2 heteroatoms. The average Bonchev–Trinajstić information content (AvgIpc) is 2.07. The van der Waals surface area contributed by atoms with Crippen molar-refractivity contribution in [3.8, 4) is 5.75 Å². The summed E-state index contributed by atoms with van der Waals surface area (Å²) in [5, 5.41) is 0. The molecule has 1 nitrogen and oxygen atoms in total. The van der Waals surface area contributed by atoms with Crippen LogP contribution in [0.4, 0.5) is 0 Å². The summed E-state index contributed by atoms with van der Waals surface area (Å²) in [7, 11) is 1.68. The molecule has 0 radical (unpaired) electrons. The van der Waals surface area contributed by atoms with Crippen LogP contribution in [0.25, 0.3) is 0 Å². The van der Waals surface area contributed by atoms with Crippen LogP contribution in [0.15, 0.2) is 35.0 Å². The first-order valence-electron chi connectivity index (χ1n) is 3.28.